The molecule has 2 heterocycles. The zero-order valence-electron chi connectivity index (χ0n) is 10.6. The van der Waals surface area contributed by atoms with E-state index in [0.29, 0.717) is 5.41 Å². The molecule has 2 saturated heterocycles. The van der Waals surface area contributed by atoms with Crippen LogP contribution in [0.25, 0.3) is 0 Å². The fourth-order valence-electron chi connectivity index (χ4n) is 2.93. The molecular weight excluding hydrogens is 200 g/mol. The summed E-state index contributed by atoms with van der Waals surface area (Å²) in [5.74, 6) is 0.916. The Labute approximate surface area is 99.3 Å². The first kappa shape index (κ1) is 12.3. The molecule has 0 unspecified atom stereocenters. The van der Waals surface area contributed by atoms with Crippen molar-refractivity contribution >= 4 is 0 Å². The Balaban J connectivity index is 1.86. The molecule has 0 radical (unpaired) electrons. The molecule has 2 rings (SSSR count). The molecule has 0 aromatic rings. The molecule has 0 spiro atoms. The van der Waals surface area contributed by atoms with E-state index < -0.39 is 0 Å². The lowest BCUT2D eigenvalue weighted by Gasteiger charge is -2.42. The third kappa shape index (κ3) is 2.96. The molecule has 0 atom stereocenters. The second kappa shape index (κ2) is 5.48. The van der Waals surface area contributed by atoms with Crippen LogP contribution in [0.15, 0.2) is 0 Å². The standard InChI is InChI=1S/C13H26N2O/c1-12-2-6-15(7-3-12)11-13(10-14)4-8-16-9-5-13/h12H,2-11,14H2,1H3. The van der Waals surface area contributed by atoms with E-state index in [4.69, 9.17) is 10.5 Å². The minimum Gasteiger partial charge on any atom is -0.381 e. The zero-order valence-corrected chi connectivity index (χ0v) is 10.6. The molecule has 3 heteroatoms. The molecular formula is C13H26N2O. The number of hydrogen-bond acceptors (Lipinski definition) is 3. The van der Waals surface area contributed by atoms with Crippen molar-refractivity contribution in [3.05, 3.63) is 0 Å². The summed E-state index contributed by atoms with van der Waals surface area (Å²) in [4.78, 5) is 2.62. The molecule has 2 fully saturated rings. The Hall–Kier alpha value is -0.120. The molecule has 2 aliphatic heterocycles. The first-order valence-electron chi connectivity index (χ1n) is 6.74. The van der Waals surface area contributed by atoms with E-state index in [0.717, 1.165) is 38.5 Å². The average molecular weight is 226 g/mol. The van der Waals surface area contributed by atoms with Crippen LogP contribution in [-0.2, 0) is 4.74 Å². The van der Waals surface area contributed by atoms with Crippen LogP contribution in [0.3, 0.4) is 0 Å². The van der Waals surface area contributed by atoms with Gasteiger partial charge < -0.3 is 15.4 Å². The van der Waals surface area contributed by atoms with Gasteiger partial charge in [-0.2, -0.15) is 0 Å². The van der Waals surface area contributed by atoms with Crippen molar-refractivity contribution in [2.75, 3.05) is 39.4 Å². The van der Waals surface area contributed by atoms with Crippen molar-refractivity contribution < 1.29 is 4.74 Å². The SMILES string of the molecule is CC1CCN(CC2(CN)CCOCC2)CC1. The van der Waals surface area contributed by atoms with Gasteiger partial charge in [-0.1, -0.05) is 6.92 Å². The van der Waals surface area contributed by atoms with E-state index in [-0.39, 0.29) is 0 Å². The summed E-state index contributed by atoms with van der Waals surface area (Å²) < 4.78 is 5.46. The van der Waals surface area contributed by atoms with E-state index in [1.165, 1.54) is 32.5 Å². The molecule has 0 saturated carbocycles. The Bertz CT molecular complexity index is 206. The van der Waals surface area contributed by atoms with E-state index in [1.54, 1.807) is 0 Å². The molecule has 94 valence electrons. The lowest BCUT2D eigenvalue weighted by Crippen LogP contribution is -2.48. The first-order chi connectivity index (χ1) is 7.74. The molecule has 3 nitrogen and oxygen atoms in total. The average Bonchev–Trinajstić information content (AvgIpc) is 2.33. The van der Waals surface area contributed by atoms with Gasteiger partial charge in [0.1, 0.15) is 0 Å². The Morgan fingerprint density at radius 3 is 2.44 bits per heavy atom. The van der Waals surface area contributed by atoms with Crippen LogP contribution < -0.4 is 5.73 Å². The molecule has 0 bridgehead atoms. The third-order valence-corrected chi connectivity index (χ3v) is 4.42. The van der Waals surface area contributed by atoms with Gasteiger partial charge in [0.05, 0.1) is 0 Å². The van der Waals surface area contributed by atoms with E-state index >= 15 is 0 Å². The van der Waals surface area contributed by atoms with Crippen LogP contribution in [0, 0.1) is 11.3 Å². The normalized spacial score (nSPS) is 28.1. The molecule has 0 aromatic carbocycles. The van der Waals surface area contributed by atoms with Crippen molar-refractivity contribution in [2.45, 2.75) is 32.6 Å². The van der Waals surface area contributed by atoms with Gasteiger partial charge in [-0.3, -0.25) is 0 Å². The number of nitrogens with two attached hydrogens (primary N) is 1. The largest absolute Gasteiger partial charge is 0.381 e. The third-order valence-electron chi connectivity index (χ3n) is 4.42. The minimum absolute atomic E-state index is 0.346. The molecule has 0 aromatic heterocycles. The molecule has 2 N–H and O–H groups in total. The van der Waals surface area contributed by atoms with Gasteiger partial charge in [0, 0.05) is 19.8 Å². The topological polar surface area (TPSA) is 38.5 Å². The minimum atomic E-state index is 0.346. The maximum atomic E-state index is 6.00. The first-order valence-corrected chi connectivity index (χ1v) is 6.74. The summed E-state index contributed by atoms with van der Waals surface area (Å²) in [7, 11) is 0. The van der Waals surface area contributed by atoms with Gasteiger partial charge >= 0.3 is 0 Å². The van der Waals surface area contributed by atoms with Gasteiger partial charge in [0.25, 0.3) is 0 Å². The summed E-state index contributed by atoms with van der Waals surface area (Å²) in [6.07, 6.45) is 5.01. The van der Waals surface area contributed by atoms with Crippen LogP contribution in [0.1, 0.15) is 32.6 Å². The lowest BCUT2D eigenvalue weighted by molar-refractivity contribution is -0.00500. The van der Waals surface area contributed by atoms with Crippen LogP contribution >= 0.6 is 0 Å². The summed E-state index contributed by atoms with van der Waals surface area (Å²) in [6.45, 7) is 8.73. The number of piperidine rings is 1. The highest BCUT2D eigenvalue weighted by Crippen LogP contribution is 2.31. The lowest BCUT2D eigenvalue weighted by atomic mass is 9.79. The Morgan fingerprint density at radius 1 is 1.25 bits per heavy atom. The molecule has 16 heavy (non-hydrogen) atoms. The smallest absolute Gasteiger partial charge is 0.0472 e. The van der Waals surface area contributed by atoms with Gasteiger partial charge in [-0.15, -0.1) is 0 Å². The number of ether oxygens (including phenoxy) is 1. The highest BCUT2D eigenvalue weighted by atomic mass is 16.5. The van der Waals surface area contributed by atoms with Crippen molar-refractivity contribution in [3.63, 3.8) is 0 Å². The van der Waals surface area contributed by atoms with Gasteiger partial charge in [0.2, 0.25) is 0 Å². The van der Waals surface area contributed by atoms with Gasteiger partial charge in [-0.25, -0.2) is 0 Å². The van der Waals surface area contributed by atoms with Crippen molar-refractivity contribution in [1.29, 1.82) is 0 Å². The molecule has 0 amide bonds. The Kier molecular flexibility index (Phi) is 4.22. The number of likely N-dealkylation sites (tertiary alicyclic amines) is 1. The Morgan fingerprint density at radius 2 is 1.88 bits per heavy atom. The van der Waals surface area contributed by atoms with Gasteiger partial charge in [-0.05, 0) is 56.7 Å². The maximum Gasteiger partial charge on any atom is 0.0472 e. The highest BCUT2D eigenvalue weighted by Gasteiger charge is 2.33. The second-order valence-corrected chi connectivity index (χ2v) is 5.78. The fourth-order valence-corrected chi connectivity index (χ4v) is 2.93. The van der Waals surface area contributed by atoms with Crippen LogP contribution in [0.4, 0.5) is 0 Å². The molecule has 2 aliphatic rings. The van der Waals surface area contributed by atoms with E-state index in [9.17, 15) is 0 Å². The van der Waals surface area contributed by atoms with E-state index in [2.05, 4.69) is 11.8 Å². The van der Waals surface area contributed by atoms with Crippen LogP contribution in [0.5, 0.6) is 0 Å². The summed E-state index contributed by atoms with van der Waals surface area (Å²) in [6, 6.07) is 0. The monoisotopic (exact) mass is 226 g/mol. The van der Waals surface area contributed by atoms with Crippen molar-refractivity contribution in [3.8, 4) is 0 Å². The summed E-state index contributed by atoms with van der Waals surface area (Å²) >= 11 is 0. The quantitative estimate of drug-likeness (QED) is 0.792. The fraction of sp³-hybridized carbons (Fsp3) is 1.00. The summed E-state index contributed by atoms with van der Waals surface area (Å²) in [5, 5.41) is 0. The van der Waals surface area contributed by atoms with Crippen LogP contribution in [0.2, 0.25) is 0 Å². The van der Waals surface area contributed by atoms with Crippen LogP contribution in [-0.4, -0.2) is 44.3 Å². The van der Waals surface area contributed by atoms with E-state index in [1.807, 2.05) is 0 Å². The van der Waals surface area contributed by atoms with Crippen molar-refractivity contribution in [2.24, 2.45) is 17.1 Å². The number of hydrogen-bond donors (Lipinski definition) is 1. The second-order valence-electron chi connectivity index (χ2n) is 5.78. The predicted molar refractivity (Wildman–Crippen MR) is 66.4 cm³/mol. The van der Waals surface area contributed by atoms with Gasteiger partial charge in [0.15, 0.2) is 0 Å². The molecule has 0 aliphatic carbocycles. The summed E-state index contributed by atoms with van der Waals surface area (Å²) in [5.41, 5.74) is 6.35. The predicted octanol–water partition coefficient (Wildman–Crippen LogP) is 1.47. The van der Waals surface area contributed by atoms with Crippen molar-refractivity contribution in [1.82, 2.24) is 4.90 Å². The highest BCUT2D eigenvalue weighted by molar-refractivity contribution is 4.87. The maximum absolute atomic E-state index is 6.00. The number of nitrogens with zero attached hydrogens (tertiary/aromatic N) is 1. The number of rotatable bonds is 3. The zero-order chi connectivity index (χ0) is 11.4.